The first kappa shape index (κ1) is 16.5. The summed E-state index contributed by atoms with van der Waals surface area (Å²) in [5.74, 6) is 0.738. The second-order valence-corrected chi connectivity index (χ2v) is 6.89. The van der Waals surface area contributed by atoms with Crippen molar-refractivity contribution in [1.82, 2.24) is 19.7 Å². The van der Waals surface area contributed by atoms with Gasteiger partial charge in [0.2, 0.25) is 0 Å². The van der Waals surface area contributed by atoms with Crippen molar-refractivity contribution in [1.29, 1.82) is 0 Å². The average Bonchev–Trinajstić information content (AvgIpc) is 3.15. The summed E-state index contributed by atoms with van der Waals surface area (Å²) >= 11 is 0. The zero-order valence-electron chi connectivity index (χ0n) is 14.9. The molecule has 0 atom stereocenters. The van der Waals surface area contributed by atoms with Gasteiger partial charge < -0.3 is 4.90 Å². The molecule has 4 rings (SSSR count). The summed E-state index contributed by atoms with van der Waals surface area (Å²) in [4.78, 5) is 19.3. The lowest BCUT2D eigenvalue weighted by Gasteiger charge is -2.30. The van der Waals surface area contributed by atoms with Crippen LogP contribution in [-0.4, -0.2) is 38.7 Å². The molecular formula is C21H22N4O. The Labute approximate surface area is 153 Å². The van der Waals surface area contributed by atoms with Crippen LogP contribution >= 0.6 is 0 Å². The highest BCUT2D eigenvalue weighted by molar-refractivity contribution is 6.00. The molecule has 0 N–H and O–H groups in total. The Morgan fingerprint density at radius 2 is 1.85 bits per heavy atom. The van der Waals surface area contributed by atoms with Gasteiger partial charge in [0.05, 0.1) is 11.3 Å². The monoisotopic (exact) mass is 346 g/mol. The van der Waals surface area contributed by atoms with Crippen LogP contribution < -0.4 is 0 Å². The number of likely N-dealkylation sites (tertiary alicyclic amines) is 1. The highest BCUT2D eigenvalue weighted by Crippen LogP contribution is 2.26. The van der Waals surface area contributed by atoms with Crippen LogP contribution in [-0.2, 0) is 0 Å². The van der Waals surface area contributed by atoms with Crippen LogP contribution in [0.4, 0.5) is 0 Å². The molecule has 0 unspecified atom stereocenters. The normalized spacial score (nSPS) is 15.2. The Balaban J connectivity index is 1.74. The number of para-hydroxylation sites is 1. The SMILES string of the molecule is CC1CCN(C(=O)c2cn(-c3ccccc3)nc2-c2cccnc2)CC1. The third-order valence-corrected chi connectivity index (χ3v) is 4.97. The number of carbonyl (C=O) groups excluding carboxylic acids is 1. The summed E-state index contributed by atoms with van der Waals surface area (Å²) < 4.78 is 1.78. The fourth-order valence-corrected chi connectivity index (χ4v) is 3.34. The number of aromatic nitrogens is 3. The first-order valence-electron chi connectivity index (χ1n) is 9.07. The van der Waals surface area contributed by atoms with Crippen molar-refractivity contribution in [3.05, 3.63) is 66.6 Å². The molecule has 5 heteroatoms. The maximum absolute atomic E-state index is 13.2. The number of rotatable bonds is 3. The van der Waals surface area contributed by atoms with Crippen LogP contribution in [0.2, 0.25) is 0 Å². The smallest absolute Gasteiger partial charge is 0.257 e. The molecule has 3 aromatic rings. The van der Waals surface area contributed by atoms with E-state index in [2.05, 4.69) is 11.9 Å². The molecule has 0 radical (unpaired) electrons. The van der Waals surface area contributed by atoms with Gasteiger partial charge in [-0.1, -0.05) is 25.1 Å². The van der Waals surface area contributed by atoms with Crippen molar-refractivity contribution in [2.24, 2.45) is 5.92 Å². The number of pyridine rings is 1. The number of amides is 1. The Hall–Kier alpha value is -2.95. The third kappa shape index (κ3) is 3.25. The molecule has 1 aliphatic rings. The summed E-state index contributed by atoms with van der Waals surface area (Å²) in [7, 11) is 0. The Bertz CT molecular complexity index is 881. The highest BCUT2D eigenvalue weighted by Gasteiger charge is 2.26. The van der Waals surface area contributed by atoms with E-state index in [1.54, 1.807) is 17.1 Å². The van der Waals surface area contributed by atoms with Crippen molar-refractivity contribution >= 4 is 5.91 Å². The molecule has 1 saturated heterocycles. The fourth-order valence-electron chi connectivity index (χ4n) is 3.34. The van der Waals surface area contributed by atoms with Crippen LogP contribution in [0.25, 0.3) is 16.9 Å². The van der Waals surface area contributed by atoms with Gasteiger partial charge in [-0.05, 0) is 43.0 Å². The molecule has 1 aliphatic heterocycles. The molecule has 0 saturated carbocycles. The molecule has 0 bridgehead atoms. The topological polar surface area (TPSA) is 51.0 Å². The van der Waals surface area contributed by atoms with Crippen LogP contribution in [0.1, 0.15) is 30.1 Å². The van der Waals surface area contributed by atoms with Crippen molar-refractivity contribution in [3.63, 3.8) is 0 Å². The van der Waals surface area contributed by atoms with Gasteiger partial charge in [-0.3, -0.25) is 9.78 Å². The van der Waals surface area contributed by atoms with E-state index in [1.165, 1.54) is 0 Å². The van der Waals surface area contributed by atoms with Gasteiger partial charge in [0, 0.05) is 37.2 Å². The molecule has 1 amide bonds. The second-order valence-electron chi connectivity index (χ2n) is 6.89. The zero-order valence-corrected chi connectivity index (χ0v) is 14.9. The van der Waals surface area contributed by atoms with E-state index in [4.69, 9.17) is 5.10 Å². The van der Waals surface area contributed by atoms with E-state index in [9.17, 15) is 4.79 Å². The molecule has 132 valence electrons. The fraction of sp³-hybridized carbons (Fsp3) is 0.286. The predicted octanol–water partition coefficient (Wildman–Crippen LogP) is 3.81. The maximum Gasteiger partial charge on any atom is 0.257 e. The third-order valence-electron chi connectivity index (χ3n) is 4.97. The average molecular weight is 346 g/mol. The van der Waals surface area contributed by atoms with E-state index in [1.807, 2.05) is 53.6 Å². The first-order chi connectivity index (χ1) is 12.7. The van der Waals surface area contributed by atoms with Gasteiger partial charge in [-0.2, -0.15) is 5.10 Å². The summed E-state index contributed by atoms with van der Waals surface area (Å²) in [5.41, 5.74) is 3.11. The van der Waals surface area contributed by atoms with E-state index in [0.717, 1.165) is 37.2 Å². The number of piperidine rings is 1. The van der Waals surface area contributed by atoms with Crippen molar-refractivity contribution in [2.45, 2.75) is 19.8 Å². The lowest BCUT2D eigenvalue weighted by atomic mass is 9.98. The second kappa shape index (κ2) is 7.12. The maximum atomic E-state index is 13.2. The first-order valence-corrected chi connectivity index (χ1v) is 9.07. The van der Waals surface area contributed by atoms with E-state index in [0.29, 0.717) is 17.2 Å². The van der Waals surface area contributed by atoms with Crippen molar-refractivity contribution in [2.75, 3.05) is 13.1 Å². The molecular weight excluding hydrogens is 324 g/mol. The zero-order chi connectivity index (χ0) is 17.9. The van der Waals surface area contributed by atoms with Crippen molar-refractivity contribution in [3.8, 4) is 16.9 Å². The van der Waals surface area contributed by atoms with Gasteiger partial charge in [0.15, 0.2) is 0 Å². The summed E-state index contributed by atoms with van der Waals surface area (Å²) in [5, 5.41) is 4.71. The highest BCUT2D eigenvalue weighted by atomic mass is 16.2. The van der Waals surface area contributed by atoms with Gasteiger partial charge in [0.1, 0.15) is 5.69 Å². The standard InChI is InChI=1S/C21H22N4O/c1-16-9-12-24(13-10-16)21(26)19-15-25(18-7-3-2-4-8-18)23-20(19)17-6-5-11-22-14-17/h2-8,11,14-16H,9-10,12-13H2,1H3. The molecule has 1 fully saturated rings. The Kier molecular flexibility index (Phi) is 4.52. The molecule has 26 heavy (non-hydrogen) atoms. The van der Waals surface area contributed by atoms with Crippen LogP contribution in [0, 0.1) is 5.92 Å². The largest absolute Gasteiger partial charge is 0.339 e. The minimum Gasteiger partial charge on any atom is -0.339 e. The summed E-state index contributed by atoms with van der Waals surface area (Å²) in [6, 6.07) is 13.7. The lowest BCUT2D eigenvalue weighted by molar-refractivity contribution is 0.0698. The van der Waals surface area contributed by atoms with Gasteiger partial charge in [-0.15, -0.1) is 0 Å². The number of benzene rings is 1. The summed E-state index contributed by atoms with van der Waals surface area (Å²) in [6.45, 7) is 3.86. The predicted molar refractivity (Wildman–Crippen MR) is 101 cm³/mol. The molecule has 1 aromatic carbocycles. The van der Waals surface area contributed by atoms with Crippen LogP contribution in [0.5, 0.6) is 0 Å². The van der Waals surface area contributed by atoms with Crippen LogP contribution in [0.15, 0.2) is 61.1 Å². The quantitative estimate of drug-likeness (QED) is 0.725. The Morgan fingerprint density at radius 1 is 1.08 bits per heavy atom. The Morgan fingerprint density at radius 3 is 2.54 bits per heavy atom. The van der Waals surface area contributed by atoms with Gasteiger partial charge >= 0.3 is 0 Å². The minimum absolute atomic E-state index is 0.0536. The minimum atomic E-state index is 0.0536. The molecule has 2 aromatic heterocycles. The van der Waals surface area contributed by atoms with Crippen molar-refractivity contribution < 1.29 is 4.79 Å². The number of nitrogens with zero attached hydrogens (tertiary/aromatic N) is 4. The van der Waals surface area contributed by atoms with E-state index < -0.39 is 0 Å². The van der Waals surface area contributed by atoms with E-state index >= 15 is 0 Å². The van der Waals surface area contributed by atoms with Gasteiger partial charge in [0.25, 0.3) is 5.91 Å². The number of hydrogen-bond donors (Lipinski definition) is 0. The van der Waals surface area contributed by atoms with E-state index in [-0.39, 0.29) is 5.91 Å². The summed E-state index contributed by atoms with van der Waals surface area (Å²) in [6.07, 6.45) is 7.44. The molecule has 5 nitrogen and oxygen atoms in total. The van der Waals surface area contributed by atoms with Gasteiger partial charge in [-0.25, -0.2) is 4.68 Å². The molecule has 0 spiro atoms. The molecule has 0 aliphatic carbocycles. The number of carbonyl (C=O) groups is 1. The van der Waals surface area contributed by atoms with Crippen LogP contribution in [0.3, 0.4) is 0 Å². The molecule has 3 heterocycles. The number of hydrogen-bond acceptors (Lipinski definition) is 3. The lowest BCUT2D eigenvalue weighted by Crippen LogP contribution is -2.38.